The highest BCUT2D eigenvalue weighted by molar-refractivity contribution is 5.84. The molecule has 1 aromatic heterocycles. The second kappa shape index (κ2) is 9.75. The number of carbonyl (C=O) groups excluding carboxylic acids is 1. The number of carboxylic acids is 1. The first-order valence-corrected chi connectivity index (χ1v) is 10.5. The van der Waals surface area contributed by atoms with Crippen LogP contribution in [0.25, 0.3) is 0 Å². The SMILES string of the molecule is Cc1noc(C)c1CN1CC[C@H]2OCC[C@@]2(C(=O)N2CCOCC2)C1.O=C(O)C(F)(F)F. The highest BCUT2D eigenvalue weighted by atomic mass is 19.4. The molecule has 3 fully saturated rings. The zero-order valence-electron chi connectivity index (χ0n) is 18.1. The van der Waals surface area contributed by atoms with Gasteiger partial charge in [-0.3, -0.25) is 9.69 Å². The quantitative estimate of drug-likeness (QED) is 0.723. The molecular weight excluding hydrogens is 435 g/mol. The van der Waals surface area contributed by atoms with Crippen LogP contribution in [-0.2, 0) is 25.6 Å². The summed E-state index contributed by atoms with van der Waals surface area (Å²) in [6.07, 6.45) is -3.32. The molecule has 1 N–H and O–H groups in total. The van der Waals surface area contributed by atoms with E-state index in [0.29, 0.717) is 32.9 Å². The van der Waals surface area contributed by atoms with Gasteiger partial charge in [-0.05, 0) is 26.7 Å². The van der Waals surface area contributed by atoms with Gasteiger partial charge >= 0.3 is 12.1 Å². The van der Waals surface area contributed by atoms with E-state index in [2.05, 4.69) is 10.1 Å². The first-order chi connectivity index (χ1) is 15.0. The molecule has 0 aromatic carbocycles. The van der Waals surface area contributed by atoms with Gasteiger partial charge in [0.15, 0.2) is 0 Å². The minimum absolute atomic E-state index is 0.0452. The van der Waals surface area contributed by atoms with Crippen molar-refractivity contribution in [1.82, 2.24) is 15.0 Å². The smallest absolute Gasteiger partial charge is 0.475 e. The highest BCUT2D eigenvalue weighted by Gasteiger charge is 2.54. The van der Waals surface area contributed by atoms with Crippen LogP contribution >= 0.6 is 0 Å². The van der Waals surface area contributed by atoms with Crippen molar-refractivity contribution < 1.29 is 41.9 Å². The molecule has 0 bridgehead atoms. The first kappa shape index (κ1) is 24.5. The van der Waals surface area contributed by atoms with Gasteiger partial charge in [0.05, 0.1) is 30.4 Å². The molecule has 3 saturated heterocycles. The number of aromatic nitrogens is 1. The topological polar surface area (TPSA) is 105 Å². The summed E-state index contributed by atoms with van der Waals surface area (Å²) >= 11 is 0. The number of likely N-dealkylation sites (tertiary alicyclic amines) is 1. The number of carboxylic acid groups (broad SMARTS) is 1. The lowest BCUT2D eigenvalue weighted by Crippen LogP contribution is -2.59. The van der Waals surface area contributed by atoms with Gasteiger partial charge in [-0.1, -0.05) is 5.16 Å². The zero-order valence-corrected chi connectivity index (χ0v) is 18.1. The van der Waals surface area contributed by atoms with Gasteiger partial charge in [0, 0.05) is 44.9 Å². The molecule has 0 saturated carbocycles. The number of hydrogen-bond donors (Lipinski definition) is 1. The summed E-state index contributed by atoms with van der Waals surface area (Å²) in [6, 6.07) is 0. The molecule has 0 spiro atoms. The fourth-order valence-electron chi connectivity index (χ4n) is 4.50. The van der Waals surface area contributed by atoms with E-state index in [1.165, 1.54) is 0 Å². The normalized spacial score (nSPS) is 26.3. The Balaban J connectivity index is 0.000000360. The van der Waals surface area contributed by atoms with E-state index >= 15 is 0 Å². The number of alkyl halides is 3. The number of carbonyl (C=O) groups is 2. The van der Waals surface area contributed by atoms with E-state index in [0.717, 1.165) is 49.5 Å². The molecule has 4 rings (SSSR count). The van der Waals surface area contributed by atoms with Crippen molar-refractivity contribution >= 4 is 11.9 Å². The second-order valence-electron chi connectivity index (χ2n) is 8.28. The lowest BCUT2D eigenvalue weighted by atomic mass is 9.75. The number of amides is 1. The molecule has 1 aromatic rings. The molecule has 4 heterocycles. The predicted molar refractivity (Wildman–Crippen MR) is 104 cm³/mol. The van der Waals surface area contributed by atoms with Crippen molar-refractivity contribution in [2.75, 3.05) is 46.0 Å². The van der Waals surface area contributed by atoms with E-state index in [1.807, 2.05) is 18.7 Å². The lowest BCUT2D eigenvalue weighted by Gasteiger charge is -2.45. The fraction of sp³-hybridized carbons (Fsp3) is 0.750. The van der Waals surface area contributed by atoms with Crippen LogP contribution < -0.4 is 0 Å². The van der Waals surface area contributed by atoms with Crippen LogP contribution in [0.15, 0.2) is 4.52 Å². The third-order valence-corrected chi connectivity index (χ3v) is 6.23. The minimum Gasteiger partial charge on any atom is -0.475 e. The molecule has 12 heteroatoms. The highest BCUT2D eigenvalue weighted by Crippen LogP contribution is 2.43. The summed E-state index contributed by atoms with van der Waals surface area (Å²) in [5.74, 6) is -1.63. The summed E-state index contributed by atoms with van der Waals surface area (Å²) in [5.41, 5.74) is 1.68. The number of morpholine rings is 1. The number of halogens is 3. The fourth-order valence-corrected chi connectivity index (χ4v) is 4.50. The summed E-state index contributed by atoms with van der Waals surface area (Å²) < 4.78 is 48.4. The van der Waals surface area contributed by atoms with E-state index < -0.39 is 17.6 Å². The maximum absolute atomic E-state index is 13.4. The van der Waals surface area contributed by atoms with Crippen LogP contribution in [0.1, 0.15) is 29.9 Å². The average molecular weight is 463 g/mol. The Kier molecular flexibility index (Phi) is 7.46. The van der Waals surface area contributed by atoms with Crippen LogP contribution in [0.2, 0.25) is 0 Å². The number of aliphatic carboxylic acids is 1. The minimum atomic E-state index is -5.08. The molecule has 180 valence electrons. The maximum Gasteiger partial charge on any atom is 0.490 e. The molecule has 0 unspecified atom stereocenters. The summed E-state index contributed by atoms with van der Waals surface area (Å²) in [5, 5.41) is 11.2. The van der Waals surface area contributed by atoms with Crippen molar-refractivity contribution in [3.8, 4) is 0 Å². The number of hydrogen-bond acceptors (Lipinski definition) is 7. The number of piperidine rings is 1. The molecule has 2 atom stereocenters. The summed E-state index contributed by atoms with van der Waals surface area (Å²) in [7, 11) is 0. The number of fused-ring (bicyclic) bond motifs is 1. The Morgan fingerprint density at radius 1 is 1.19 bits per heavy atom. The number of nitrogens with zero attached hydrogens (tertiary/aromatic N) is 3. The molecule has 3 aliphatic rings. The zero-order chi connectivity index (χ0) is 23.5. The Morgan fingerprint density at radius 2 is 1.84 bits per heavy atom. The number of rotatable bonds is 3. The molecule has 32 heavy (non-hydrogen) atoms. The van der Waals surface area contributed by atoms with Crippen molar-refractivity contribution in [1.29, 1.82) is 0 Å². The monoisotopic (exact) mass is 463 g/mol. The standard InChI is InChI=1S/C18H27N3O4.C2HF3O2/c1-13-15(14(2)25-19-13)11-20-5-3-16-18(12-20,4-8-24-16)17(22)21-6-9-23-10-7-21;3-2(4,5)1(6)7/h16H,3-12H2,1-2H3;(H,6,7)/t16-,18-;/m1./s1. The van der Waals surface area contributed by atoms with Crippen LogP contribution in [0.3, 0.4) is 0 Å². The molecule has 3 aliphatic heterocycles. The van der Waals surface area contributed by atoms with Crippen molar-refractivity contribution in [2.45, 2.75) is 45.5 Å². The predicted octanol–water partition coefficient (Wildman–Crippen LogP) is 1.76. The van der Waals surface area contributed by atoms with E-state index in [1.54, 1.807) is 0 Å². The maximum atomic E-state index is 13.4. The van der Waals surface area contributed by atoms with Crippen LogP contribution in [0.4, 0.5) is 13.2 Å². The Bertz CT molecular complexity index is 804. The third kappa shape index (κ3) is 5.24. The number of ether oxygens (including phenoxy) is 2. The molecule has 0 radical (unpaired) electrons. The van der Waals surface area contributed by atoms with Gasteiger partial charge in [-0.2, -0.15) is 13.2 Å². The van der Waals surface area contributed by atoms with Gasteiger partial charge in [0.25, 0.3) is 0 Å². The van der Waals surface area contributed by atoms with E-state index in [-0.39, 0.29) is 12.0 Å². The second-order valence-corrected chi connectivity index (χ2v) is 8.28. The third-order valence-electron chi connectivity index (χ3n) is 6.23. The van der Waals surface area contributed by atoms with Crippen LogP contribution in [-0.4, -0.2) is 90.2 Å². The van der Waals surface area contributed by atoms with Gasteiger partial charge < -0.3 is 24.0 Å². The Morgan fingerprint density at radius 3 is 2.41 bits per heavy atom. The van der Waals surface area contributed by atoms with Gasteiger partial charge in [-0.25, -0.2) is 4.79 Å². The van der Waals surface area contributed by atoms with E-state index in [9.17, 15) is 18.0 Å². The molecule has 9 nitrogen and oxygen atoms in total. The van der Waals surface area contributed by atoms with Gasteiger partial charge in [-0.15, -0.1) is 0 Å². The Labute approximate surface area is 183 Å². The molecule has 1 amide bonds. The molecule has 0 aliphatic carbocycles. The van der Waals surface area contributed by atoms with Crippen molar-refractivity contribution in [3.05, 3.63) is 17.0 Å². The van der Waals surface area contributed by atoms with Crippen molar-refractivity contribution in [2.24, 2.45) is 5.41 Å². The first-order valence-electron chi connectivity index (χ1n) is 10.5. The van der Waals surface area contributed by atoms with E-state index in [4.69, 9.17) is 23.9 Å². The molecular formula is C20H28F3N3O6. The number of aryl methyl sites for hydroxylation is 2. The van der Waals surface area contributed by atoms with Crippen LogP contribution in [0.5, 0.6) is 0 Å². The summed E-state index contributed by atoms with van der Waals surface area (Å²) in [4.78, 5) is 26.6. The lowest BCUT2D eigenvalue weighted by molar-refractivity contribution is -0.192. The van der Waals surface area contributed by atoms with Gasteiger partial charge in [0.1, 0.15) is 5.76 Å². The van der Waals surface area contributed by atoms with Gasteiger partial charge in [0.2, 0.25) is 5.91 Å². The van der Waals surface area contributed by atoms with Crippen LogP contribution in [0, 0.1) is 19.3 Å². The Hall–Kier alpha value is -2.18. The summed E-state index contributed by atoms with van der Waals surface area (Å²) in [6.45, 7) is 9.73. The largest absolute Gasteiger partial charge is 0.490 e. The van der Waals surface area contributed by atoms with Crippen molar-refractivity contribution in [3.63, 3.8) is 0 Å². The average Bonchev–Trinajstić information content (AvgIpc) is 3.32.